The summed E-state index contributed by atoms with van der Waals surface area (Å²) in [7, 11) is 0. The molecule has 3 aromatic carbocycles. The van der Waals surface area contributed by atoms with Gasteiger partial charge in [-0.25, -0.2) is 0 Å². The van der Waals surface area contributed by atoms with Gasteiger partial charge in [-0.15, -0.1) is 0 Å². The number of hydrogen-bond acceptors (Lipinski definition) is 4. The standard InChI is InChI=1S/C25H24N2O4/c1-3-31-22-11-7-5-9-20(22)26-23(28)16-27-21-10-6-4-8-19(21)25(30,24(27)29)18-14-12-17(2)13-15-18/h4-15,30H,3,16H2,1-2H3,(H,26,28)/t25-/m0/s1. The molecule has 0 bridgehead atoms. The SMILES string of the molecule is CCOc1ccccc1NC(=O)CN1C(=O)[C@](O)(c2ccc(C)cc2)c2ccccc21. The predicted molar refractivity (Wildman–Crippen MR) is 119 cm³/mol. The Morgan fingerprint density at radius 1 is 1.03 bits per heavy atom. The lowest BCUT2D eigenvalue weighted by Gasteiger charge is -2.24. The van der Waals surface area contributed by atoms with Crippen molar-refractivity contribution in [3.8, 4) is 5.75 Å². The number of carbonyl (C=O) groups excluding carboxylic acids is 2. The average molecular weight is 416 g/mol. The molecule has 6 heteroatoms. The summed E-state index contributed by atoms with van der Waals surface area (Å²) in [6.07, 6.45) is 0. The monoisotopic (exact) mass is 416 g/mol. The van der Waals surface area contributed by atoms with E-state index in [-0.39, 0.29) is 12.5 Å². The van der Waals surface area contributed by atoms with E-state index in [1.54, 1.807) is 54.6 Å². The van der Waals surface area contributed by atoms with Crippen molar-refractivity contribution >= 4 is 23.2 Å². The lowest BCUT2D eigenvalue weighted by atomic mass is 9.87. The van der Waals surface area contributed by atoms with Gasteiger partial charge in [0.1, 0.15) is 12.3 Å². The van der Waals surface area contributed by atoms with E-state index >= 15 is 0 Å². The number of ether oxygens (including phenoxy) is 1. The van der Waals surface area contributed by atoms with Gasteiger partial charge in [-0.05, 0) is 37.6 Å². The zero-order valence-electron chi connectivity index (χ0n) is 17.5. The second-order valence-electron chi connectivity index (χ2n) is 7.46. The number of benzene rings is 3. The van der Waals surface area contributed by atoms with E-state index in [1.165, 1.54) is 4.90 Å². The van der Waals surface area contributed by atoms with Crippen LogP contribution in [0.2, 0.25) is 0 Å². The summed E-state index contributed by atoms with van der Waals surface area (Å²) < 4.78 is 5.55. The first kappa shape index (κ1) is 20.6. The van der Waals surface area contributed by atoms with Crippen molar-refractivity contribution in [1.29, 1.82) is 0 Å². The number of hydrogen-bond donors (Lipinski definition) is 2. The van der Waals surface area contributed by atoms with E-state index < -0.39 is 11.5 Å². The second-order valence-corrected chi connectivity index (χ2v) is 7.46. The summed E-state index contributed by atoms with van der Waals surface area (Å²) in [4.78, 5) is 27.6. The highest BCUT2D eigenvalue weighted by molar-refractivity contribution is 6.12. The van der Waals surface area contributed by atoms with Gasteiger partial charge in [0, 0.05) is 5.56 Å². The van der Waals surface area contributed by atoms with Gasteiger partial charge in [-0.1, -0.05) is 60.2 Å². The molecule has 158 valence electrons. The van der Waals surface area contributed by atoms with Gasteiger partial charge in [0.25, 0.3) is 5.91 Å². The topological polar surface area (TPSA) is 78.9 Å². The molecule has 0 spiro atoms. The van der Waals surface area contributed by atoms with Crippen LogP contribution in [0.15, 0.2) is 72.8 Å². The van der Waals surface area contributed by atoms with E-state index in [0.717, 1.165) is 5.56 Å². The second kappa shape index (κ2) is 8.24. The fourth-order valence-corrected chi connectivity index (χ4v) is 3.85. The Balaban J connectivity index is 1.63. The summed E-state index contributed by atoms with van der Waals surface area (Å²) in [6.45, 7) is 4.04. The molecule has 3 aromatic rings. The Labute approximate surface area is 181 Å². The number of nitrogens with one attached hydrogen (secondary N) is 1. The number of nitrogens with zero attached hydrogens (tertiary/aromatic N) is 1. The summed E-state index contributed by atoms with van der Waals surface area (Å²) in [5.41, 5.74) is 1.17. The number of rotatable bonds is 6. The number of amides is 2. The maximum atomic E-state index is 13.4. The van der Waals surface area contributed by atoms with Crippen LogP contribution in [0.5, 0.6) is 5.75 Å². The molecule has 1 aliphatic rings. The van der Waals surface area contributed by atoms with Crippen LogP contribution in [0, 0.1) is 6.92 Å². The molecule has 2 N–H and O–H groups in total. The average Bonchev–Trinajstić information content (AvgIpc) is 2.99. The highest BCUT2D eigenvalue weighted by atomic mass is 16.5. The minimum absolute atomic E-state index is 0.232. The van der Waals surface area contributed by atoms with Crippen molar-refractivity contribution < 1.29 is 19.4 Å². The van der Waals surface area contributed by atoms with E-state index in [2.05, 4.69) is 5.32 Å². The molecule has 1 atom stereocenters. The Morgan fingerprint density at radius 2 is 1.71 bits per heavy atom. The molecular formula is C25H24N2O4. The lowest BCUT2D eigenvalue weighted by molar-refractivity contribution is -0.133. The van der Waals surface area contributed by atoms with E-state index in [0.29, 0.717) is 34.9 Å². The quantitative estimate of drug-likeness (QED) is 0.643. The highest BCUT2D eigenvalue weighted by Crippen LogP contribution is 2.44. The molecule has 1 heterocycles. The van der Waals surface area contributed by atoms with Crippen LogP contribution in [0.1, 0.15) is 23.6 Å². The largest absolute Gasteiger partial charge is 0.492 e. The molecule has 0 aliphatic carbocycles. The number of aryl methyl sites for hydroxylation is 1. The molecule has 0 unspecified atom stereocenters. The molecule has 0 fully saturated rings. The number of para-hydroxylation sites is 3. The molecular weight excluding hydrogens is 392 g/mol. The molecule has 0 radical (unpaired) electrons. The summed E-state index contributed by atoms with van der Waals surface area (Å²) >= 11 is 0. The van der Waals surface area contributed by atoms with Crippen molar-refractivity contribution in [3.63, 3.8) is 0 Å². The summed E-state index contributed by atoms with van der Waals surface area (Å²) in [5, 5.41) is 14.3. The first-order valence-electron chi connectivity index (χ1n) is 10.2. The summed E-state index contributed by atoms with van der Waals surface area (Å²) in [5.74, 6) is -0.378. The summed E-state index contributed by atoms with van der Waals surface area (Å²) in [6, 6.07) is 21.3. The molecule has 0 saturated heterocycles. The first-order chi connectivity index (χ1) is 14.9. The Bertz CT molecular complexity index is 1130. The van der Waals surface area contributed by atoms with Gasteiger partial charge in [-0.3, -0.25) is 14.5 Å². The lowest BCUT2D eigenvalue weighted by Crippen LogP contribution is -2.44. The fourth-order valence-electron chi connectivity index (χ4n) is 3.85. The van der Waals surface area contributed by atoms with E-state index in [4.69, 9.17) is 4.74 Å². The van der Waals surface area contributed by atoms with Crippen LogP contribution in [0.3, 0.4) is 0 Å². The van der Waals surface area contributed by atoms with Gasteiger partial charge >= 0.3 is 0 Å². The molecule has 4 rings (SSSR count). The Hall–Kier alpha value is -3.64. The van der Waals surface area contributed by atoms with Crippen molar-refractivity contribution in [3.05, 3.63) is 89.5 Å². The van der Waals surface area contributed by atoms with Crippen LogP contribution in [0.4, 0.5) is 11.4 Å². The third-order valence-corrected chi connectivity index (χ3v) is 5.37. The molecule has 0 saturated carbocycles. The van der Waals surface area contributed by atoms with Crippen LogP contribution in [0.25, 0.3) is 0 Å². The number of carbonyl (C=O) groups is 2. The molecule has 31 heavy (non-hydrogen) atoms. The van der Waals surface area contributed by atoms with Gasteiger partial charge in [0.2, 0.25) is 5.91 Å². The maximum absolute atomic E-state index is 13.4. The zero-order valence-corrected chi connectivity index (χ0v) is 17.5. The van der Waals surface area contributed by atoms with Crippen LogP contribution in [-0.2, 0) is 15.2 Å². The zero-order chi connectivity index (χ0) is 22.0. The molecule has 2 amide bonds. The van der Waals surface area contributed by atoms with Crippen LogP contribution >= 0.6 is 0 Å². The highest BCUT2D eigenvalue weighted by Gasteiger charge is 2.51. The number of anilines is 2. The van der Waals surface area contributed by atoms with Crippen molar-refractivity contribution in [2.45, 2.75) is 19.4 Å². The third kappa shape index (κ3) is 3.66. The van der Waals surface area contributed by atoms with Gasteiger partial charge in [-0.2, -0.15) is 0 Å². The van der Waals surface area contributed by atoms with Gasteiger partial charge in [0.15, 0.2) is 5.60 Å². The smallest absolute Gasteiger partial charge is 0.268 e. The molecule has 1 aliphatic heterocycles. The fraction of sp³-hybridized carbons (Fsp3) is 0.200. The Kier molecular flexibility index (Phi) is 5.48. The van der Waals surface area contributed by atoms with E-state index in [9.17, 15) is 14.7 Å². The number of aliphatic hydroxyl groups is 1. The Morgan fingerprint density at radius 3 is 2.45 bits per heavy atom. The van der Waals surface area contributed by atoms with Gasteiger partial charge in [0.05, 0.1) is 18.0 Å². The minimum atomic E-state index is -1.84. The first-order valence-corrected chi connectivity index (χ1v) is 10.2. The molecule has 0 aromatic heterocycles. The van der Waals surface area contributed by atoms with Crippen LogP contribution in [-0.4, -0.2) is 30.1 Å². The normalized spacial score (nSPS) is 17.4. The van der Waals surface area contributed by atoms with E-state index in [1.807, 2.05) is 32.0 Å². The minimum Gasteiger partial charge on any atom is -0.492 e. The predicted octanol–water partition coefficient (Wildman–Crippen LogP) is 3.61. The van der Waals surface area contributed by atoms with Crippen molar-refractivity contribution in [1.82, 2.24) is 0 Å². The third-order valence-electron chi connectivity index (χ3n) is 5.37. The molecule has 6 nitrogen and oxygen atoms in total. The maximum Gasteiger partial charge on any atom is 0.268 e. The van der Waals surface area contributed by atoms with Crippen molar-refractivity contribution in [2.75, 3.05) is 23.4 Å². The van der Waals surface area contributed by atoms with Crippen LogP contribution < -0.4 is 15.0 Å². The van der Waals surface area contributed by atoms with Crippen molar-refractivity contribution in [2.24, 2.45) is 0 Å². The van der Waals surface area contributed by atoms with Gasteiger partial charge < -0.3 is 15.2 Å². The number of fused-ring (bicyclic) bond motifs is 1.